The Kier molecular flexibility index (Phi) is 6.40. The van der Waals surface area contributed by atoms with Crippen molar-refractivity contribution in [1.82, 2.24) is 0 Å². The lowest BCUT2D eigenvalue weighted by Crippen LogP contribution is -2.29. The van der Waals surface area contributed by atoms with E-state index in [1.807, 2.05) is 26.8 Å². The van der Waals surface area contributed by atoms with E-state index in [0.717, 1.165) is 28.7 Å². The fraction of sp³-hybridized carbons (Fsp3) is 0.241. The Morgan fingerprint density at radius 2 is 1.57 bits per heavy atom. The molecule has 1 aliphatic heterocycles. The molecule has 1 unspecified atom stereocenters. The maximum atomic E-state index is 13.5. The molecule has 0 bridgehead atoms. The summed E-state index contributed by atoms with van der Waals surface area (Å²) in [6, 6.07) is 14.0. The molecule has 3 aromatic carbocycles. The van der Waals surface area contributed by atoms with Crippen molar-refractivity contribution in [3.05, 3.63) is 100 Å². The normalized spacial score (nSPS) is 17.9. The van der Waals surface area contributed by atoms with Gasteiger partial charge in [-0.1, -0.05) is 51.1 Å². The van der Waals surface area contributed by atoms with E-state index in [2.05, 4.69) is 0 Å². The number of aryl methyl sites for hydroxylation is 1. The van der Waals surface area contributed by atoms with Gasteiger partial charge in [0.05, 0.1) is 17.2 Å². The topological polar surface area (TPSA) is 77.8 Å². The highest BCUT2D eigenvalue weighted by Gasteiger charge is 2.47. The van der Waals surface area contributed by atoms with Crippen LogP contribution in [-0.2, 0) is 21.2 Å². The first-order valence-corrected chi connectivity index (χ1v) is 11.6. The molecule has 0 spiro atoms. The number of nitrogens with zero attached hydrogens (tertiary/aromatic N) is 1. The molecule has 0 saturated carbocycles. The van der Waals surface area contributed by atoms with Gasteiger partial charge in [0.2, 0.25) is 0 Å². The van der Waals surface area contributed by atoms with Crippen LogP contribution in [0.1, 0.15) is 54.6 Å². The summed E-state index contributed by atoms with van der Waals surface area (Å²) in [7, 11) is 0. The van der Waals surface area contributed by atoms with Crippen LogP contribution in [0.2, 0.25) is 0 Å². The van der Waals surface area contributed by atoms with Crippen molar-refractivity contribution in [2.75, 3.05) is 4.90 Å². The second-order valence-electron chi connectivity index (χ2n) is 10.1. The van der Waals surface area contributed by atoms with Crippen molar-refractivity contribution in [2.45, 2.75) is 45.3 Å². The number of hydrogen-bond acceptors (Lipinski definition) is 4. The van der Waals surface area contributed by atoms with Gasteiger partial charge in [0.15, 0.2) is 0 Å². The molecule has 2 N–H and O–H groups in total. The highest BCUT2D eigenvalue weighted by atomic mass is 19.4. The van der Waals surface area contributed by atoms with Gasteiger partial charge >= 0.3 is 6.18 Å². The number of aliphatic hydroxyl groups excluding tert-OH is 1. The average molecular weight is 510 g/mol. The van der Waals surface area contributed by atoms with Crippen molar-refractivity contribution < 1.29 is 33.0 Å². The lowest BCUT2D eigenvalue weighted by molar-refractivity contribution is -0.137. The van der Waals surface area contributed by atoms with E-state index in [-0.39, 0.29) is 28.0 Å². The zero-order valence-electron chi connectivity index (χ0n) is 20.7. The minimum absolute atomic E-state index is 0.163. The summed E-state index contributed by atoms with van der Waals surface area (Å²) >= 11 is 0. The Bertz CT molecular complexity index is 1430. The summed E-state index contributed by atoms with van der Waals surface area (Å²) in [5, 5.41) is 21.6. The van der Waals surface area contributed by atoms with Crippen LogP contribution < -0.4 is 4.90 Å². The number of benzene rings is 3. The predicted octanol–water partition coefficient (Wildman–Crippen LogP) is 6.64. The molecule has 1 atom stereocenters. The maximum Gasteiger partial charge on any atom is 0.416 e. The van der Waals surface area contributed by atoms with Crippen LogP contribution in [0.4, 0.5) is 18.9 Å². The highest BCUT2D eigenvalue weighted by molar-refractivity contribution is 6.51. The molecule has 1 amide bonds. The molecule has 0 aromatic heterocycles. The number of Topliss-reactive ketones (excluding diaryl/α,β-unsaturated/α-hetero) is 1. The summed E-state index contributed by atoms with van der Waals surface area (Å²) in [5.74, 6) is -2.73. The van der Waals surface area contributed by atoms with Crippen molar-refractivity contribution in [3.8, 4) is 5.75 Å². The van der Waals surface area contributed by atoms with E-state index in [1.165, 1.54) is 30.3 Å². The van der Waals surface area contributed by atoms with E-state index in [0.29, 0.717) is 11.1 Å². The van der Waals surface area contributed by atoms with Gasteiger partial charge in [0, 0.05) is 11.3 Å². The van der Waals surface area contributed by atoms with Crippen molar-refractivity contribution >= 4 is 23.1 Å². The van der Waals surface area contributed by atoms with Gasteiger partial charge in [0.25, 0.3) is 11.7 Å². The first kappa shape index (κ1) is 26.0. The molecule has 8 heteroatoms. The molecule has 3 aromatic rings. The second kappa shape index (κ2) is 9.10. The predicted molar refractivity (Wildman–Crippen MR) is 134 cm³/mol. The Labute approximate surface area is 212 Å². The summed E-state index contributed by atoms with van der Waals surface area (Å²) in [6.45, 7) is 7.70. The minimum Gasteiger partial charge on any atom is -0.508 e. The monoisotopic (exact) mass is 509 g/mol. The molecule has 192 valence electrons. The third kappa shape index (κ3) is 4.83. The molecular formula is C29H26F3NO4. The number of phenolic OH excluding ortho intramolecular Hbond substituents is 1. The molecule has 1 aliphatic rings. The van der Waals surface area contributed by atoms with Gasteiger partial charge in [-0.15, -0.1) is 0 Å². The molecule has 0 radical (unpaired) electrons. The van der Waals surface area contributed by atoms with Crippen LogP contribution in [0.15, 0.2) is 72.3 Å². The number of rotatable bonds is 3. The Balaban J connectivity index is 1.99. The van der Waals surface area contributed by atoms with Gasteiger partial charge in [-0.3, -0.25) is 14.5 Å². The first-order chi connectivity index (χ1) is 17.2. The lowest BCUT2D eigenvalue weighted by atomic mass is 9.84. The molecule has 1 saturated heterocycles. The quantitative estimate of drug-likeness (QED) is 0.236. The van der Waals surface area contributed by atoms with Crippen molar-refractivity contribution in [1.29, 1.82) is 0 Å². The van der Waals surface area contributed by atoms with Gasteiger partial charge in [-0.25, -0.2) is 0 Å². The van der Waals surface area contributed by atoms with Gasteiger partial charge in [-0.2, -0.15) is 13.2 Å². The lowest BCUT2D eigenvalue weighted by Gasteiger charge is -2.26. The van der Waals surface area contributed by atoms with Crippen LogP contribution in [0.3, 0.4) is 0 Å². The zero-order chi connectivity index (χ0) is 27.3. The second-order valence-corrected chi connectivity index (χ2v) is 10.1. The number of ketones is 1. The third-order valence-corrected chi connectivity index (χ3v) is 6.44. The van der Waals surface area contributed by atoms with E-state index in [9.17, 15) is 33.0 Å². The Morgan fingerprint density at radius 3 is 2.19 bits per heavy atom. The number of phenols is 1. The molecule has 4 rings (SSSR count). The number of hydrogen-bond donors (Lipinski definition) is 2. The van der Waals surface area contributed by atoms with E-state index in [1.54, 1.807) is 19.1 Å². The highest BCUT2D eigenvalue weighted by Crippen LogP contribution is 2.44. The van der Waals surface area contributed by atoms with Crippen LogP contribution in [-0.4, -0.2) is 21.9 Å². The van der Waals surface area contributed by atoms with Crippen LogP contribution in [0, 0.1) is 6.92 Å². The molecule has 1 fully saturated rings. The number of aliphatic hydroxyl groups is 1. The van der Waals surface area contributed by atoms with E-state index >= 15 is 0 Å². The molecule has 37 heavy (non-hydrogen) atoms. The van der Waals surface area contributed by atoms with Crippen molar-refractivity contribution in [3.63, 3.8) is 0 Å². The minimum atomic E-state index is -4.67. The van der Waals surface area contributed by atoms with E-state index in [4.69, 9.17) is 0 Å². The Morgan fingerprint density at radius 1 is 0.892 bits per heavy atom. The standard InChI is InChI=1S/C29H26F3NO4/c1-16-11-12-18(28(2,3)4)15-22(16)25(35)23-24(17-7-5-10-21(34)13-17)33(27(37)26(23)36)20-9-6-8-19(14-20)29(30,31)32/h5-15,24,34-35H,1-4H3/b25-23+. The zero-order valence-corrected chi connectivity index (χ0v) is 20.7. The number of alkyl halides is 3. The molecule has 5 nitrogen and oxygen atoms in total. The smallest absolute Gasteiger partial charge is 0.416 e. The SMILES string of the molecule is Cc1ccc(C(C)(C)C)cc1/C(O)=C1\C(=O)C(=O)N(c2cccc(C(F)(F)F)c2)C1c1cccc(O)c1. The van der Waals surface area contributed by atoms with Gasteiger partial charge < -0.3 is 10.2 Å². The maximum absolute atomic E-state index is 13.5. The largest absolute Gasteiger partial charge is 0.508 e. The average Bonchev–Trinajstić information content (AvgIpc) is 3.08. The number of carbonyl (C=O) groups is 2. The van der Waals surface area contributed by atoms with E-state index < -0.39 is 35.2 Å². The van der Waals surface area contributed by atoms with Crippen LogP contribution >= 0.6 is 0 Å². The number of amides is 1. The number of carbonyl (C=O) groups excluding carboxylic acids is 2. The summed E-state index contributed by atoms with van der Waals surface area (Å²) in [4.78, 5) is 27.6. The summed E-state index contributed by atoms with van der Waals surface area (Å²) in [5.41, 5.74) is 0.396. The number of anilines is 1. The molecule has 0 aliphatic carbocycles. The van der Waals surface area contributed by atoms with Crippen molar-refractivity contribution in [2.24, 2.45) is 0 Å². The molecular weight excluding hydrogens is 483 g/mol. The Hall–Kier alpha value is -4.07. The first-order valence-electron chi connectivity index (χ1n) is 11.6. The number of halogens is 3. The van der Waals surface area contributed by atoms with Gasteiger partial charge in [-0.05, 0) is 65.4 Å². The van der Waals surface area contributed by atoms with Gasteiger partial charge in [0.1, 0.15) is 11.5 Å². The number of aromatic hydroxyl groups is 1. The fourth-order valence-electron chi connectivity index (χ4n) is 4.43. The summed E-state index contributed by atoms with van der Waals surface area (Å²) in [6.07, 6.45) is -4.67. The molecule has 1 heterocycles. The third-order valence-electron chi connectivity index (χ3n) is 6.44. The summed E-state index contributed by atoms with van der Waals surface area (Å²) < 4.78 is 40.4. The van der Waals surface area contributed by atoms with Crippen LogP contribution in [0.5, 0.6) is 5.75 Å². The van der Waals surface area contributed by atoms with Crippen LogP contribution in [0.25, 0.3) is 5.76 Å². The fourth-order valence-corrected chi connectivity index (χ4v) is 4.43.